The van der Waals surface area contributed by atoms with Crippen LogP contribution in [-0.4, -0.2) is 26.0 Å². The Morgan fingerprint density at radius 1 is 1.17 bits per heavy atom. The van der Waals surface area contributed by atoms with Gasteiger partial charge in [0.25, 0.3) is 5.91 Å². The van der Waals surface area contributed by atoms with E-state index < -0.39 is 23.4 Å². The van der Waals surface area contributed by atoms with Gasteiger partial charge in [0.05, 0.1) is 32.6 Å². The van der Waals surface area contributed by atoms with Gasteiger partial charge in [0.1, 0.15) is 0 Å². The maximum atomic E-state index is 13.5. The van der Waals surface area contributed by atoms with Crippen molar-refractivity contribution in [2.45, 2.75) is 32.0 Å². The number of carbonyl (C=O) groups is 1. The number of alkyl halides is 3. The van der Waals surface area contributed by atoms with Gasteiger partial charge in [-0.3, -0.25) is 4.79 Å². The summed E-state index contributed by atoms with van der Waals surface area (Å²) < 4.78 is 41.8. The minimum atomic E-state index is -4.74. The first-order chi connectivity index (χ1) is 13.4. The lowest BCUT2D eigenvalue weighted by Crippen LogP contribution is -2.25. The number of pyridine rings is 1. The summed E-state index contributed by atoms with van der Waals surface area (Å²) in [6.07, 6.45) is -3.65. The molecule has 0 unspecified atom stereocenters. The average Bonchev–Trinajstić information content (AvgIpc) is 2.93. The molecule has 2 N–H and O–H groups in total. The monoisotopic (exact) mass is 445 g/mol. The molecule has 0 atom stereocenters. The molecule has 0 bridgehead atoms. The smallest absolute Gasteiger partial charge is 0.390 e. The van der Waals surface area contributed by atoms with Gasteiger partial charge in [0.15, 0.2) is 11.3 Å². The molecule has 5 nitrogen and oxygen atoms in total. The third-order valence-corrected chi connectivity index (χ3v) is 4.69. The van der Waals surface area contributed by atoms with E-state index in [0.717, 1.165) is 0 Å². The van der Waals surface area contributed by atoms with Crippen molar-refractivity contribution < 1.29 is 23.1 Å². The number of nitrogens with one attached hydrogen (secondary N) is 1. The second-order valence-electron chi connectivity index (χ2n) is 7.06. The van der Waals surface area contributed by atoms with Crippen molar-refractivity contribution in [1.29, 1.82) is 0 Å². The molecule has 0 fully saturated rings. The normalized spacial score (nSPS) is 12.4. The van der Waals surface area contributed by atoms with Gasteiger partial charge >= 0.3 is 6.18 Å². The van der Waals surface area contributed by atoms with Crippen LogP contribution in [0, 0.1) is 0 Å². The molecule has 1 amide bonds. The SMILES string of the molecule is CC(C)(O)Cc1c(C(F)(F)F)nc2c(NC(=O)c3c(Cl)cccc3Cl)cccn12. The lowest BCUT2D eigenvalue weighted by atomic mass is 10.0. The number of aliphatic hydroxyl groups is 1. The van der Waals surface area contributed by atoms with Crippen LogP contribution in [0.3, 0.4) is 0 Å². The van der Waals surface area contributed by atoms with Crippen LogP contribution in [0.15, 0.2) is 36.5 Å². The third kappa shape index (κ3) is 4.49. The zero-order chi connectivity index (χ0) is 21.6. The fraction of sp³-hybridized carbons (Fsp3) is 0.263. The van der Waals surface area contributed by atoms with E-state index in [-0.39, 0.29) is 39.1 Å². The molecule has 154 valence electrons. The highest BCUT2D eigenvalue weighted by atomic mass is 35.5. The van der Waals surface area contributed by atoms with Crippen LogP contribution in [0.4, 0.5) is 18.9 Å². The molecule has 1 aromatic carbocycles. The first-order valence-electron chi connectivity index (χ1n) is 8.43. The van der Waals surface area contributed by atoms with Gasteiger partial charge < -0.3 is 14.8 Å². The molecule has 0 aliphatic rings. The summed E-state index contributed by atoms with van der Waals surface area (Å²) in [5.74, 6) is -0.686. The van der Waals surface area contributed by atoms with Crippen molar-refractivity contribution in [1.82, 2.24) is 9.38 Å². The number of anilines is 1. The maximum absolute atomic E-state index is 13.5. The lowest BCUT2D eigenvalue weighted by molar-refractivity contribution is -0.141. The summed E-state index contributed by atoms with van der Waals surface area (Å²) in [6, 6.07) is 7.39. The number of halogens is 5. The minimum absolute atomic E-state index is 0.00264. The van der Waals surface area contributed by atoms with E-state index in [1.165, 1.54) is 48.7 Å². The highest BCUT2D eigenvalue weighted by Crippen LogP contribution is 2.35. The second-order valence-corrected chi connectivity index (χ2v) is 7.87. The number of benzene rings is 1. The van der Waals surface area contributed by atoms with E-state index in [2.05, 4.69) is 10.3 Å². The fourth-order valence-corrected chi connectivity index (χ4v) is 3.49. The van der Waals surface area contributed by atoms with E-state index in [9.17, 15) is 23.1 Å². The van der Waals surface area contributed by atoms with Crippen molar-refractivity contribution >= 4 is 40.4 Å². The molecular formula is C19H16Cl2F3N3O2. The Labute approximate surface area is 174 Å². The highest BCUT2D eigenvalue weighted by Gasteiger charge is 2.39. The van der Waals surface area contributed by atoms with E-state index in [0.29, 0.717) is 0 Å². The number of amides is 1. The number of rotatable bonds is 4. The van der Waals surface area contributed by atoms with Crippen molar-refractivity contribution in [3.8, 4) is 0 Å². The molecule has 10 heteroatoms. The summed E-state index contributed by atoms with van der Waals surface area (Å²) in [6.45, 7) is 2.80. The number of imidazole rings is 1. The van der Waals surface area contributed by atoms with Gasteiger partial charge in [-0.05, 0) is 38.1 Å². The van der Waals surface area contributed by atoms with Gasteiger partial charge in [-0.25, -0.2) is 4.98 Å². The molecule has 3 rings (SSSR count). The molecule has 29 heavy (non-hydrogen) atoms. The molecule has 0 aliphatic heterocycles. The second kappa shape index (κ2) is 7.51. The Kier molecular flexibility index (Phi) is 5.55. The van der Waals surface area contributed by atoms with Crippen LogP contribution in [-0.2, 0) is 12.6 Å². The summed E-state index contributed by atoms with van der Waals surface area (Å²) >= 11 is 12.1. The largest absolute Gasteiger partial charge is 0.435 e. The van der Waals surface area contributed by atoms with Gasteiger partial charge in [0.2, 0.25) is 0 Å². The number of hydrogen-bond acceptors (Lipinski definition) is 3. The van der Waals surface area contributed by atoms with E-state index in [1.807, 2.05) is 0 Å². The number of aromatic nitrogens is 2. The maximum Gasteiger partial charge on any atom is 0.435 e. The van der Waals surface area contributed by atoms with Crippen LogP contribution in [0.2, 0.25) is 10.0 Å². The molecule has 0 saturated carbocycles. The third-order valence-electron chi connectivity index (χ3n) is 4.06. The molecule has 3 aromatic rings. The van der Waals surface area contributed by atoms with Gasteiger partial charge in [-0.2, -0.15) is 13.2 Å². The molecule has 0 spiro atoms. The quantitative estimate of drug-likeness (QED) is 0.577. The van der Waals surface area contributed by atoms with E-state index in [1.54, 1.807) is 6.07 Å². The molecule has 0 saturated heterocycles. The zero-order valence-electron chi connectivity index (χ0n) is 15.3. The minimum Gasteiger partial charge on any atom is -0.390 e. The first-order valence-corrected chi connectivity index (χ1v) is 9.19. The number of hydrogen-bond donors (Lipinski definition) is 2. The van der Waals surface area contributed by atoms with Gasteiger partial charge in [-0.1, -0.05) is 29.3 Å². The van der Waals surface area contributed by atoms with Gasteiger partial charge in [-0.15, -0.1) is 0 Å². The standard InChI is InChI=1S/C19H16Cl2F3N3O2/c1-18(2,29)9-13-15(19(22,23)24)26-16-12(7-4-8-27(13)16)25-17(28)14-10(20)5-3-6-11(14)21/h3-8,29H,9H2,1-2H3,(H,25,28). The number of fused-ring (bicyclic) bond motifs is 1. The van der Waals surface area contributed by atoms with Crippen molar-refractivity contribution in [3.63, 3.8) is 0 Å². The van der Waals surface area contributed by atoms with Gasteiger partial charge in [0, 0.05) is 12.6 Å². The predicted octanol–water partition coefficient (Wildman–Crippen LogP) is 5.23. The number of carbonyl (C=O) groups excluding carboxylic acids is 1. The fourth-order valence-electron chi connectivity index (χ4n) is 2.92. The number of nitrogens with zero attached hydrogens (tertiary/aromatic N) is 2. The molecule has 0 aliphatic carbocycles. The van der Waals surface area contributed by atoms with E-state index >= 15 is 0 Å². The summed E-state index contributed by atoms with van der Waals surface area (Å²) in [5.41, 5.74) is -2.82. The Morgan fingerprint density at radius 2 is 1.79 bits per heavy atom. The Bertz CT molecular complexity index is 1070. The van der Waals surface area contributed by atoms with Crippen molar-refractivity contribution in [2.24, 2.45) is 0 Å². The van der Waals surface area contributed by atoms with Crippen LogP contribution in [0.1, 0.15) is 35.6 Å². The Balaban J connectivity index is 2.12. The first kappa shape index (κ1) is 21.4. The molecular weight excluding hydrogens is 430 g/mol. The average molecular weight is 446 g/mol. The Morgan fingerprint density at radius 3 is 2.34 bits per heavy atom. The summed E-state index contributed by atoms with van der Waals surface area (Å²) in [5, 5.41) is 12.8. The van der Waals surface area contributed by atoms with Crippen LogP contribution >= 0.6 is 23.2 Å². The predicted molar refractivity (Wildman–Crippen MR) is 105 cm³/mol. The van der Waals surface area contributed by atoms with E-state index in [4.69, 9.17) is 23.2 Å². The van der Waals surface area contributed by atoms with Crippen molar-refractivity contribution in [2.75, 3.05) is 5.32 Å². The Hall–Kier alpha value is -2.29. The molecule has 2 aromatic heterocycles. The molecule has 0 radical (unpaired) electrons. The molecule has 2 heterocycles. The topological polar surface area (TPSA) is 66.6 Å². The zero-order valence-corrected chi connectivity index (χ0v) is 16.8. The summed E-state index contributed by atoms with van der Waals surface area (Å²) in [4.78, 5) is 16.3. The van der Waals surface area contributed by atoms with Crippen LogP contribution in [0.25, 0.3) is 5.65 Å². The highest BCUT2D eigenvalue weighted by molar-refractivity contribution is 6.40. The van der Waals surface area contributed by atoms with Crippen LogP contribution in [0.5, 0.6) is 0 Å². The van der Waals surface area contributed by atoms with Crippen molar-refractivity contribution in [3.05, 3.63) is 63.5 Å². The lowest BCUT2D eigenvalue weighted by Gasteiger charge is -2.18. The van der Waals surface area contributed by atoms with Crippen LogP contribution < -0.4 is 5.32 Å². The summed E-state index contributed by atoms with van der Waals surface area (Å²) in [7, 11) is 0.